The molecule has 9 rings (SSSR count). The average Bonchev–Trinajstić information content (AvgIpc) is 3.90. The molecular weight excluding hydrogens is 613 g/mol. The second kappa shape index (κ2) is 10.9. The SMILES string of the molecule is C1=Cc2nc(-c3ccc(N(c4ccc(-c5nc6ccccc6s5)cc4)c4ccc(-c5nc6ccccc6s5)cc4)o3)sc2CC1. The third-order valence-electron chi connectivity index (χ3n) is 7.90. The molecule has 0 bridgehead atoms. The van der Waals surface area contributed by atoms with E-state index in [0.717, 1.165) is 78.7 Å². The van der Waals surface area contributed by atoms with Crippen molar-refractivity contribution in [3.63, 3.8) is 0 Å². The summed E-state index contributed by atoms with van der Waals surface area (Å²) in [5.74, 6) is 1.51. The van der Waals surface area contributed by atoms with Crippen molar-refractivity contribution in [2.45, 2.75) is 12.8 Å². The first kappa shape index (κ1) is 26.5. The molecule has 0 N–H and O–H groups in total. The van der Waals surface area contributed by atoms with Crippen molar-refractivity contribution in [1.82, 2.24) is 15.0 Å². The highest BCUT2D eigenvalue weighted by Crippen LogP contribution is 2.41. The van der Waals surface area contributed by atoms with Gasteiger partial charge in [0, 0.05) is 33.4 Å². The zero-order valence-electron chi connectivity index (χ0n) is 23.9. The topological polar surface area (TPSA) is 55.1 Å². The number of rotatable bonds is 6. The molecule has 4 aromatic carbocycles. The number of allylic oxidation sites excluding steroid dienone is 1. The van der Waals surface area contributed by atoms with Gasteiger partial charge in [0.25, 0.3) is 0 Å². The zero-order valence-corrected chi connectivity index (χ0v) is 26.3. The Morgan fingerprint density at radius 1 is 0.578 bits per heavy atom. The quantitative estimate of drug-likeness (QED) is 0.182. The van der Waals surface area contributed by atoms with E-state index >= 15 is 0 Å². The van der Waals surface area contributed by atoms with Gasteiger partial charge in [-0.2, -0.15) is 0 Å². The predicted octanol–water partition coefficient (Wildman–Crippen LogP) is 11.4. The fourth-order valence-corrected chi connectivity index (χ4v) is 8.62. The number of thiazole rings is 3. The highest BCUT2D eigenvalue weighted by Gasteiger charge is 2.21. The van der Waals surface area contributed by atoms with Gasteiger partial charge in [-0.15, -0.1) is 34.0 Å². The monoisotopic (exact) mass is 636 g/mol. The molecule has 0 atom stereocenters. The molecule has 0 amide bonds. The van der Waals surface area contributed by atoms with Crippen LogP contribution in [0.15, 0.2) is 120 Å². The molecule has 0 aliphatic heterocycles. The van der Waals surface area contributed by atoms with Crippen molar-refractivity contribution < 1.29 is 4.42 Å². The standard InChI is InChI=1S/C37H24N4OS3/c1-4-10-31-27(7-1)38-35(43-31)23-13-17-25(18-14-23)41(34-22-21-30(42-34)37-40-29-9-3-6-12-33(29)45-37)26-19-15-24(16-20-26)36-39-28-8-2-5-11-32(28)44-36/h1-5,7-11,13-22H,6,12H2. The van der Waals surface area contributed by atoms with Crippen molar-refractivity contribution >= 4 is 77.8 Å². The van der Waals surface area contributed by atoms with Crippen LogP contribution in [0.5, 0.6) is 0 Å². The largest absolute Gasteiger partial charge is 0.437 e. The van der Waals surface area contributed by atoms with Gasteiger partial charge in [-0.25, -0.2) is 15.0 Å². The lowest BCUT2D eigenvalue weighted by molar-refractivity contribution is 0.588. The number of fused-ring (bicyclic) bond motifs is 3. The Labute approximate surface area is 271 Å². The molecule has 8 heteroatoms. The minimum Gasteiger partial charge on any atom is -0.437 e. The summed E-state index contributed by atoms with van der Waals surface area (Å²) in [6.45, 7) is 0. The van der Waals surface area contributed by atoms with E-state index in [4.69, 9.17) is 19.4 Å². The maximum atomic E-state index is 6.56. The fourth-order valence-electron chi connectivity index (χ4n) is 5.65. The normalized spacial score (nSPS) is 12.6. The maximum Gasteiger partial charge on any atom is 0.205 e. The molecule has 0 radical (unpaired) electrons. The third kappa shape index (κ3) is 4.88. The smallest absolute Gasteiger partial charge is 0.205 e. The van der Waals surface area contributed by atoms with E-state index in [1.54, 1.807) is 34.0 Å². The average molecular weight is 637 g/mol. The molecule has 216 valence electrons. The van der Waals surface area contributed by atoms with E-state index in [1.165, 1.54) is 14.3 Å². The molecule has 0 fully saturated rings. The Bertz CT molecular complexity index is 2160. The summed E-state index contributed by atoms with van der Waals surface area (Å²) in [6.07, 6.45) is 6.41. The van der Waals surface area contributed by atoms with Crippen LogP contribution in [0, 0.1) is 0 Å². The lowest BCUT2D eigenvalue weighted by atomic mass is 10.1. The van der Waals surface area contributed by atoms with Gasteiger partial charge in [-0.3, -0.25) is 4.90 Å². The fraction of sp³-hybridized carbons (Fsp3) is 0.0541. The first-order valence-corrected chi connectivity index (χ1v) is 17.2. The molecular formula is C37H24N4OS3. The zero-order chi connectivity index (χ0) is 29.7. The van der Waals surface area contributed by atoms with Crippen LogP contribution in [0.4, 0.5) is 17.3 Å². The van der Waals surface area contributed by atoms with Crippen molar-refractivity contribution in [2.24, 2.45) is 0 Å². The van der Waals surface area contributed by atoms with E-state index in [1.807, 2.05) is 24.3 Å². The summed E-state index contributed by atoms with van der Waals surface area (Å²) < 4.78 is 8.93. The third-order valence-corrected chi connectivity index (χ3v) is 11.2. The number of hydrogen-bond acceptors (Lipinski definition) is 8. The van der Waals surface area contributed by atoms with E-state index in [9.17, 15) is 0 Å². The first-order chi connectivity index (χ1) is 22.2. The van der Waals surface area contributed by atoms with E-state index < -0.39 is 0 Å². The summed E-state index contributed by atoms with van der Waals surface area (Å²) in [6, 6.07) is 37.7. The molecule has 0 saturated heterocycles. The summed E-state index contributed by atoms with van der Waals surface area (Å²) in [5.41, 5.74) is 7.29. The summed E-state index contributed by atoms with van der Waals surface area (Å²) in [5, 5.41) is 2.93. The Hall–Kier alpha value is -4.89. The molecule has 4 heterocycles. The van der Waals surface area contributed by atoms with Gasteiger partial charge in [0.1, 0.15) is 10.0 Å². The van der Waals surface area contributed by atoms with Crippen LogP contribution in [0.3, 0.4) is 0 Å². The van der Waals surface area contributed by atoms with E-state index in [-0.39, 0.29) is 0 Å². The number of aromatic nitrogens is 3. The molecule has 5 nitrogen and oxygen atoms in total. The van der Waals surface area contributed by atoms with Gasteiger partial charge in [-0.05, 0) is 97.8 Å². The lowest BCUT2D eigenvalue weighted by Gasteiger charge is -2.23. The van der Waals surface area contributed by atoms with Crippen molar-refractivity contribution in [2.75, 3.05) is 4.90 Å². The highest BCUT2D eigenvalue weighted by molar-refractivity contribution is 7.22. The van der Waals surface area contributed by atoms with Gasteiger partial charge in [0.05, 0.1) is 26.1 Å². The van der Waals surface area contributed by atoms with Gasteiger partial charge >= 0.3 is 0 Å². The van der Waals surface area contributed by atoms with E-state index in [0.29, 0.717) is 0 Å². The van der Waals surface area contributed by atoms with Crippen molar-refractivity contribution in [3.8, 4) is 31.9 Å². The minimum absolute atomic E-state index is 0.731. The second-order valence-electron chi connectivity index (χ2n) is 10.8. The number of anilines is 3. The van der Waals surface area contributed by atoms with Gasteiger partial charge in [0.15, 0.2) is 10.8 Å². The Morgan fingerprint density at radius 2 is 1.18 bits per heavy atom. The van der Waals surface area contributed by atoms with Crippen LogP contribution < -0.4 is 4.90 Å². The van der Waals surface area contributed by atoms with Gasteiger partial charge < -0.3 is 4.42 Å². The minimum atomic E-state index is 0.731. The molecule has 45 heavy (non-hydrogen) atoms. The first-order valence-electron chi connectivity index (χ1n) is 14.7. The van der Waals surface area contributed by atoms with Crippen molar-refractivity contribution in [1.29, 1.82) is 0 Å². The maximum absolute atomic E-state index is 6.56. The van der Waals surface area contributed by atoms with Crippen LogP contribution >= 0.6 is 34.0 Å². The molecule has 4 aromatic heterocycles. The van der Waals surface area contributed by atoms with Crippen molar-refractivity contribution in [3.05, 3.63) is 126 Å². The highest BCUT2D eigenvalue weighted by atomic mass is 32.1. The Morgan fingerprint density at radius 3 is 1.76 bits per heavy atom. The molecule has 1 aliphatic rings. The van der Waals surface area contributed by atoms with Crippen LogP contribution in [0.1, 0.15) is 17.0 Å². The number of benzene rings is 4. The molecule has 0 unspecified atom stereocenters. The van der Waals surface area contributed by atoms with Crippen LogP contribution in [0.25, 0.3) is 58.4 Å². The second-order valence-corrected chi connectivity index (χ2v) is 14.0. The molecule has 0 spiro atoms. The number of nitrogens with zero attached hydrogens (tertiary/aromatic N) is 4. The molecule has 1 aliphatic carbocycles. The molecule has 8 aromatic rings. The molecule has 0 saturated carbocycles. The van der Waals surface area contributed by atoms with Crippen LogP contribution in [-0.4, -0.2) is 15.0 Å². The van der Waals surface area contributed by atoms with Gasteiger partial charge in [-0.1, -0.05) is 30.3 Å². The lowest BCUT2D eigenvalue weighted by Crippen LogP contribution is -2.08. The number of para-hydroxylation sites is 2. The van der Waals surface area contributed by atoms with Crippen LogP contribution in [-0.2, 0) is 6.42 Å². The number of furan rings is 1. The Balaban J connectivity index is 1.10. The van der Waals surface area contributed by atoms with Gasteiger partial charge in [0.2, 0.25) is 5.88 Å². The number of aryl methyl sites for hydroxylation is 1. The Kier molecular flexibility index (Phi) is 6.43. The van der Waals surface area contributed by atoms with Crippen LogP contribution in [0.2, 0.25) is 0 Å². The number of hydrogen-bond donors (Lipinski definition) is 0. The predicted molar refractivity (Wildman–Crippen MR) is 189 cm³/mol. The summed E-state index contributed by atoms with van der Waals surface area (Å²) in [7, 11) is 0. The summed E-state index contributed by atoms with van der Waals surface area (Å²) in [4.78, 5) is 18.1. The van der Waals surface area contributed by atoms with E-state index in [2.05, 4.69) is 102 Å². The summed E-state index contributed by atoms with van der Waals surface area (Å²) >= 11 is 5.14.